The van der Waals surface area contributed by atoms with Gasteiger partial charge in [-0.15, -0.1) is 0 Å². The molecule has 2 rings (SSSR count). The summed E-state index contributed by atoms with van der Waals surface area (Å²) in [6, 6.07) is 6.17. The third-order valence-corrected chi connectivity index (χ3v) is 2.94. The standard InChI is InChI=1S/C14H19NO2/c1-10(2)17-14(16)8-11-4-3-5-12-9-15-7-6-13(11)12/h3-5,10,15H,6-9H2,1-2H3. The van der Waals surface area contributed by atoms with Crippen molar-refractivity contribution in [2.75, 3.05) is 6.54 Å². The van der Waals surface area contributed by atoms with Crippen LogP contribution in [0.4, 0.5) is 0 Å². The third kappa shape index (κ3) is 3.07. The minimum absolute atomic E-state index is 0.0382. The molecule has 1 aliphatic rings. The molecule has 1 heterocycles. The molecule has 1 aromatic rings. The molecule has 92 valence electrons. The molecule has 0 fully saturated rings. The summed E-state index contributed by atoms with van der Waals surface area (Å²) >= 11 is 0. The predicted octanol–water partition coefficient (Wildman–Crippen LogP) is 1.83. The second-order valence-electron chi connectivity index (χ2n) is 4.70. The maximum atomic E-state index is 11.7. The van der Waals surface area contributed by atoms with E-state index in [0.29, 0.717) is 6.42 Å². The predicted molar refractivity (Wildman–Crippen MR) is 66.8 cm³/mol. The van der Waals surface area contributed by atoms with Crippen LogP contribution in [-0.2, 0) is 28.9 Å². The van der Waals surface area contributed by atoms with E-state index < -0.39 is 0 Å². The number of ether oxygens (including phenoxy) is 1. The first kappa shape index (κ1) is 12.1. The number of rotatable bonds is 3. The first-order valence-corrected chi connectivity index (χ1v) is 6.16. The Hall–Kier alpha value is -1.35. The highest BCUT2D eigenvalue weighted by Gasteiger charge is 2.15. The summed E-state index contributed by atoms with van der Waals surface area (Å²) < 4.78 is 5.19. The molecular weight excluding hydrogens is 214 g/mol. The molecule has 0 spiro atoms. The lowest BCUT2D eigenvalue weighted by Gasteiger charge is -2.20. The number of nitrogens with one attached hydrogen (secondary N) is 1. The molecule has 0 aliphatic carbocycles. The van der Waals surface area contributed by atoms with E-state index in [-0.39, 0.29) is 12.1 Å². The first-order chi connectivity index (χ1) is 8.16. The highest BCUT2D eigenvalue weighted by molar-refractivity contribution is 5.73. The number of esters is 1. The van der Waals surface area contributed by atoms with Gasteiger partial charge in [0, 0.05) is 6.54 Å². The van der Waals surface area contributed by atoms with Gasteiger partial charge in [-0.1, -0.05) is 18.2 Å². The van der Waals surface area contributed by atoms with Crippen LogP contribution in [0.25, 0.3) is 0 Å². The SMILES string of the molecule is CC(C)OC(=O)Cc1cccc2c1CCNC2. The van der Waals surface area contributed by atoms with E-state index in [0.717, 1.165) is 25.1 Å². The van der Waals surface area contributed by atoms with E-state index in [1.807, 2.05) is 26.0 Å². The molecule has 3 heteroatoms. The normalized spacial score (nSPS) is 14.5. The van der Waals surface area contributed by atoms with Gasteiger partial charge in [0.25, 0.3) is 0 Å². The van der Waals surface area contributed by atoms with Gasteiger partial charge < -0.3 is 10.1 Å². The summed E-state index contributed by atoms with van der Waals surface area (Å²) in [7, 11) is 0. The summed E-state index contributed by atoms with van der Waals surface area (Å²) in [5.41, 5.74) is 3.76. The van der Waals surface area contributed by atoms with Crippen molar-refractivity contribution in [1.82, 2.24) is 5.32 Å². The zero-order valence-corrected chi connectivity index (χ0v) is 10.5. The van der Waals surface area contributed by atoms with Gasteiger partial charge >= 0.3 is 5.97 Å². The van der Waals surface area contributed by atoms with Gasteiger partial charge in [-0.25, -0.2) is 0 Å². The van der Waals surface area contributed by atoms with Gasteiger partial charge in [-0.05, 0) is 43.5 Å². The van der Waals surface area contributed by atoms with Gasteiger partial charge in [0.05, 0.1) is 12.5 Å². The van der Waals surface area contributed by atoms with Gasteiger partial charge in [-0.2, -0.15) is 0 Å². The van der Waals surface area contributed by atoms with Crippen LogP contribution in [0, 0.1) is 0 Å². The van der Waals surface area contributed by atoms with Crippen molar-refractivity contribution in [1.29, 1.82) is 0 Å². The van der Waals surface area contributed by atoms with E-state index in [1.165, 1.54) is 11.1 Å². The van der Waals surface area contributed by atoms with E-state index in [9.17, 15) is 4.79 Å². The molecule has 0 saturated heterocycles. The molecule has 1 aromatic carbocycles. The van der Waals surface area contributed by atoms with Crippen molar-refractivity contribution >= 4 is 5.97 Å². The monoisotopic (exact) mass is 233 g/mol. The molecule has 1 N–H and O–H groups in total. The summed E-state index contributed by atoms with van der Waals surface area (Å²) in [6.45, 7) is 5.65. The zero-order valence-electron chi connectivity index (χ0n) is 10.5. The number of fused-ring (bicyclic) bond motifs is 1. The Kier molecular flexibility index (Phi) is 3.79. The fourth-order valence-electron chi connectivity index (χ4n) is 2.24. The molecule has 17 heavy (non-hydrogen) atoms. The average molecular weight is 233 g/mol. The van der Waals surface area contributed by atoms with E-state index >= 15 is 0 Å². The molecule has 3 nitrogen and oxygen atoms in total. The maximum Gasteiger partial charge on any atom is 0.310 e. The Labute approximate surface area is 102 Å². The highest BCUT2D eigenvalue weighted by atomic mass is 16.5. The Balaban J connectivity index is 2.13. The lowest BCUT2D eigenvalue weighted by Crippen LogP contribution is -2.25. The number of hydrogen-bond acceptors (Lipinski definition) is 3. The molecule has 0 atom stereocenters. The Morgan fingerprint density at radius 2 is 2.29 bits per heavy atom. The van der Waals surface area contributed by atoms with Crippen molar-refractivity contribution < 1.29 is 9.53 Å². The second-order valence-corrected chi connectivity index (χ2v) is 4.70. The summed E-state index contributed by atoms with van der Waals surface area (Å²) in [4.78, 5) is 11.7. The van der Waals surface area contributed by atoms with Crippen molar-refractivity contribution in [3.63, 3.8) is 0 Å². The second kappa shape index (κ2) is 5.32. The van der Waals surface area contributed by atoms with Crippen LogP contribution in [0.2, 0.25) is 0 Å². The van der Waals surface area contributed by atoms with E-state index in [1.54, 1.807) is 0 Å². The number of benzene rings is 1. The summed E-state index contributed by atoms with van der Waals surface area (Å²) in [6.07, 6.45) is 1.35. The molecule has 0 saturated carbocycles. The molecule has 1 aliphatic heterocycles. The molecule has 0 unspecified atom stereocenters. The third-order valence-electron chi connectivity index (χ3n) is 2.94. The van der Waals surface area contributed by atoms with Crippen molar-refractivity contribution in [2.24, 2.45) is 0 Å². The molecule has 0 radical (unpaired) electrons. The molecular formula is C14H19NO2. The Bertz CT molecular complexity index is 413. The van der Waals surface area contributed by atoms with Crippen LogP contribution in [0.1, 0.15) is 30.5 Å². The first-order valence-electron chi connectivity index (χ1n) is 6.16. The smallest absolute Gasteiger partial charge is 0.310 e. The van der Waals surface area contributed by atoms with Crippen LogP contribution in [0.3, 0.4) is 0 Å². The summed E-state index contributed by atoms with van der Waals surface area (Å²) in [5.74, 6) is -0.132. The quantitative estimate of drug-likeness (QED) is 0.809. The average Bonchev–Trinajstić information content (AvgIpc) is 2.28. The molecule has 0 bridgehead atoms. The Morgan fingerprint density at radius 1 is 1.47 bits per heavy atom. The van der Waals surface area contributed by atoms with Gasteiger partial charge in [-0.3, -0.25) is 4.79 Å². The van der Waals surface area contributed by atoms with Gasteiger partial charge in [0.15, 0.2) is 0 Å². The molecule has 0 aromatic heterocycles. The van der Waals surface area contributed by atoms with Gasteiger partial charge in [0.2, 0.25) is 0 Å². The maximum absolute atomic E-state index is 11.7. The molecule has 0 amide bonds. The highest BCUT2D eigenvalue weighted by Crippen LogP contribution is 2.19. The number of carbonyl (C=O) groups is 1. The van der Waals surface area contributed by atoms with Crippen LogP contribution >= 0.6 is 0 Å². The van der Waals surface area contributed by atoms with Crippen LogP contribution in [0.15, 0.2) is 18.2 Å². The van der Waals surface area contributed by atoms with Crippen LogP contribution in [0.5, 0.6) is 0 Å². The zero-order chi connectivity index (χ0) is 12.3. The fraction of sp³-hybridized carbons (Fsp3) is 0.500. The number of carbonyl (C=O) groups excluding carboxylic acids is 1. The summed E-state index contributed by atoms with van der Waals surface area (Å²) in [5, 5.41) is 3.34. The Morgan fingerprint density at radius 3 is 3.06 bits per heavy atom. The lowest BCUT2D eigenvalue weighted by atomic mass is 9.94. The van der Waals surface area contributed by atoms with Crippen LogP contribution < -0.4 is 5.32 Å². The van der Waals surface area contributed by atoms with E-state index in [4.69, 9.17) is 4.74 Å². The largest absolute Gasteiger partial charge is 0.463 e. The minimum Gasteiger partial charge on any atom is -0.463 e. The van der Waals surface area contributed by atoms with Gasteiger partial charge in [0.1, 0.15) is 0 Å². The van der Waals surface area contributed by atoms with E-state index in [2.05, 4.69) is 11.4 Å². The fourth-order valence-corrected chi connectivity index (χ4v) is 2.24. The lowest BCUT2D eigenvalue weighted by molar-refractivity contribution is -0.146. The topological polar surface area (TPSA) is 38.3 Å². The van der Waals surface area contributed by atoms with Crippen molar-refractivity contribution in [2.45, 2.75) is 39.3 Å². The van der Waals surface area contributed by atoms with Crippen molar-refractivity contribution in [3.8, 4) is 0 Å². The minimum atomic E-state index is -0.132. The van der Waals surface area contributed by atoms with Crippen molar-refractivity contribution in [3.05, 3.63) is 34.9 Å². The number of hydrogen-bond donors (Lipinski definition) is 1. The van der Waals surface area contributed by atoms with Crippen LogP contribution in [-0.4, -0.2) is 18.6 Å².